The molecule has 7 nitrogen and oxygen atoms in total. The monoisotopic (exact) mass is 470 g/mol. The smallest absolute Gasteiger partial charge is 0.255 e. The molecule has 3 N–H and O–H groups in total. The summed E-state index contributed by atoms with van der Waals surface area (Å²) in [5.74, 6) is 0.898. The average molecular weight is 471 g/mol. The van der Waals surface area contributed by atoms with E-state index in [4.69, 9.17) is 9.97 Å². The first-order valence-corrected chi connectivity index (χ1v) is 11.7. The van der Waals surface area contributed by atoms with Gasteiger partial charge in [-0.2, -0.15) is 4.98 Å². The molecule has 0 spiro atoms. The zero-order valence-electron chi connectivity index (χ0n) is 19.5. The SMILES string of the molecule is Cc1ccc2nc(N3CCNCC3)nc(NCc3ccc(NC(=O)c4ccc(F)cc4)cc3)c2c1. The Hall–Kier alpha value is -4.04. The second kappa shape index (κ2) is 10.1. The Morgan fingerprint density at radius 2 is 1.74 bits per heavy atom. The summed E-state index contributed by atoms with van der Waals surface area (Å²) >= 11 is 0. The molecule has 0 radical (unpaired) electrons. The highest BCUT2D eigenvalue weighted by molar-refractivity contribution is 6.04. The molecule has 0 unspecified atom stereocenters. The summed E-state index contributed by atoms with van der Waals surface area (Å²) in [6, 6.07) is 19.3. The van der Waals surface area contributed by atoms with E-state index in [-0.39, 0.29) is 11.7 Å². The maximum absolute atomic E-state index is 13.1. The number of carbonyl (C=O) groups is 1. The van der Waals surface area contributed by atoms with E-state index in [1.807, 2.05) is 30.3 Å². The number of nitrogens with one attached hydrogen (secondary N) is 3. The molecule has 5 rings (SSSR count). The third-order valence-electron chi connectivity index (χ3n) is 6.02. The number of amides is 1. The first-order chi connectivity index (χ1) is 17.0. The minimum atomic E-state index is -0.370. The molecule has 1 fully saturated rings. The van der Waals surface area contributed by atoms with Gasteiger partial charge in [-0.15, -0.1) is 0 Å². The van der Waals surface area contributed by atoms with Gasteiger partial charge in [-0.05, 0) is 61.0 Å². The Kier molecular flexibility index (Phi) is 6.54. The Morgan fingerprint density at radius 3 is 2.49 bits per heavy atom. The van der Waals surface area contributed by atoms with Crippen molar-refractivity contribution < 1.29 is 9.18 Å². The molecule has 1 saturated heterocycles. The minimum absolute atomic E-state index is 0.279. The van der Waals surface area contributed by atoms with Crippen LogP contribution >= 0.6 is 0 Å². The van der Waals surface area contributed by atoms with Crippen molar-refractivity contribution in [3.63, 3.8) is 0 Å². The van der Waals surface area contributed by atoms with E-state index in [0.29, 0.717) is 17.8 Å². The lowest BCUT2D eigenvalue weighted by atomic mass is 10.1. The highest BCUT2D eigenvalue weighted by atomic mass is 19.1. The summed E-state index contributed by atoms with van der Waals surface area (Å²) < 4.78 is 13.1. The highest BCUT2D eigenvalue weighted by Gasteiger charge is 2.16. The van der Waals surface area contributed by atoms with Crippen LogP contribution in [0.3, 0.4) is 0 Å². The van der Waals surface area contributed by atoms with E-state index in [1.165, 1.54) is 24.3 Å². The van der Waals surface area contributed by atoms with Crippen LogP contribution < -0.4 is 20.9 Å². The van der Waals surface area contributed by atoms with E-state index >= 15 is 0 Å². The molecule has 178 valence electrons. The highest BCUT2D eigenvalue weighted by Crippen LogP contribution is 2.25. The largest absolute Gasteiger partial charge is 0.365 e. The Balaban J connectivity index is 1.30. The van der Waals surface area contributed by atoms with Crippen molar-refractivity contribution in [1.82, 2.24) is 15.3 Å². The van der Waals surface area contributed by atoms with Gasteiger partial charge in [0.05, 0.1) is 5.52 Å². The minimum Gasteiger partial charge on any atom is -0.365 e. The molecule has 2 heterocycles. The number of aromatic nitrogens is 2. The van der Waals surface area contributed by atoms with Crippen LogP contribution in [0.4, 0.5) is 21.8 Å². The van der Waals surface area contributed by atoms with Crippen LogP contribution in [0.1, 0.15) is 21.5 Å². The van der Waals surface area contributed by atoms with E-state index < -0.39 is 0 Å². The molecule has 0 saturated carbocycles. The van der Waals surface area contributed by atoms with Crippen LogP contribution in [-0.2, 0) is 6.54 Å². The molecule has 35 heavy (non-hydrogen) atoms. The number of rotatable bonds is 6. The number of carbonyl (C=O) groups excluding carboxylic acids is 1. The predicted molar refractivity (Wildman–Crippen MR) is 137 cm³/mol. The van der Waals surface area contributed by atoms with Crippen molar-refractivity contribution >= 4 is 34.3 Å². The van der Waals surface area contributed by atoms with E-state index in [0.717, 1.165) is 60.0 Å². The van der Waals surface area contributed by atoms with E-state index in [9.17, 15) is 9.18 Å². The number of nitrogens with zero attached hydrogens (tertiary/aromatic N) is 3. The van der Waals surface area contributed by atoms with Crippen LogP contribution in [0.25, 0.3) is 10.9 Å². The fourth-order valence-electron chi connectivity index (χ4n) is 4.07. The second-order valence-electron chi connectivity index (χ2n) is 8.64. The van der Waals surface area contributed by atoms with Crippen LogP contribution in [0.15, 0.2) is 66.7 Å². The lowest BCUT2D eigenvalue weighted by molar-refractivity contribution is 0.102. The summed E-state index contributed by atoms with van der Waals surface area (Å²) in [6.07, 6.45) is 0. The van der Waals surface area contributed by atoms with Gasteiger partial charge < -0.3 is 20.9 Å². The van der Waals surface area contributed by atoms with Gasteiger partial charge in [-0.25, -0.2) is 9.37 Å². The molecule has 3 aromatic carbocycles. The average Bonchev–Trinajstić information content (AvgIpc) is 2.89. The Morgan fingerprint density at radius 1 is 1.00 bits per heavy atom. The topological polar surface area (TPSA) is 82.2 Å². The number of anilines is 3. The van der Waals surface area contributed by atoms with Gasteiger partial charge in [0.25, 0.3) is 5.91 Å². The third kappa shape index (κ3) is 5.38. The number of fused-ring (bicyclic) bond motifs is 1. The summed E-state index contributed by atoms with van der Waals surface area (Å²) in [6.45, 7) is 6.23. The number of piperazine rings is 1. The molecule has 0 atom stereocenters. The van der Waals surface area contributed by atoms with Crippen LogP contribution in [0.5, 0.6) is 0 Å². The zero-order chi connectivity index (χ0) is 24.2. The van der Waals surface area contributed by atoms with Crippen molar-refractivity contribution in [2.75, 3.05) is 41.7 Å². The summed E-state index contributed by atoms with van der Waals surface area (Å²) in [5, 5.41) is 10.7. The molecule has 8 heteroatoms. The van der Waals surface area contributed by atoms with Gasteiger partial charge in [-0.3, -0.25) is 4.79 Å². The van der Waals surface area contributed by atoms with Gasteiger partial charge >= 0.3 is 0 Å². The first-order valence-electron chi connectivity index (χ1n) is 11.7. The first kappa shape index (κ1) is 22.7. The zero-order valence-corrected chi connectivity index (χ0v) is 19.5. The Bertz CT molecular complexity index is 1330. The van der Waals surface area contributed by atoms with Crippen LogP contribution in [-0.4, -0.2) is 42.1 Å². The quantitative estimate of drug-likeness (QED) is 0.389. The van der Waals surface area contributed by atoms with Gasteiger partial charge in [-0.1, -0.05) is 23.8 Å². The fraction of sp³-hybridized carbons (Fsp3) is 0.222. The van der Waals surface area contributed by atoms with E-state index in [2.05, 4.69) is 39.9 Å². The number of benzene rings is 3. The lowest BCUT2D eigenvalue weighted by Gasteiger charge is -2.28. The molecule has 1 aliphatic heterocycles. The number of hydrogen-bond donors (Lipinski definition) is 3. The summed E-state index contributed by atoms with van der Waals surface area (Å²) in [5.41, 5.74) is 4.20. The number of halogens is 1. The summed E-state index contributed by atoms with van der Waals surface area (Å²) in [7, 11) is 0. The molecule has 4 aromatic rings. The van der Waals surface area contributed by atoms with Gasteiger partial charge in [0, 0.05) is 49.4 Å². The van der Waals surface area contributed by atoms with Crippen molar-refractivity contribution in [2.24, 2.45) is 0 Å². The van der Waals surface area contributed by atoms with Crippen LogP contribution in [0, 0.1) is 12.7 Å². The van der Waals surface area contributed by atoms with Crippen molar-refractivity contribution in [1.29, 1.82) is 0 Å². The molecule has 0 aliphatic carbocycles. The van der Waals surface area contributed by atoms with E-state index in [1.54, 1.807) is 0 Å². The molecule has 1 amide bonds. The maximum Gasteiger partial charge on any atom is 0.255 e. The molecule has 1 aromatic heterocycles. The van der Waals surface area contributed by atoms with Crippen LogP contribution in [0.2, 0.25) is 0 Å². The third-order valence-corrected chi connectivity index (χ3v) is 6.02. The molecular formula is C27H27FN6O. The van der Waals surface area contributed by atoms with Crippen molar-refractivity contribution in [2.45, 2.75) is 13.5 Å². The van der Waals surface area contributed by atoms with Gasteiger partial charge in [0.15, 0.2) is 0 Å². The summed E-state index contributed by atoms with van der Waals surface area (Å²) in [4.78, 5) is 24.3. The number of hydrogen-bond acceptors (Lipinski definition) is 6. The van der Waals surface area contributed by atoms with Gasteiger partial charge in [0.2, 0.25) is 5.95 Å². The fourth-order valence-corrected chi connectivity index (χ4v) is 4.07. The number of aryl methyl sites for hydroxylation is 1. The molecule has 1 aliphatic rings. The normalized spacial score (nSPS) is 13.6. The Labute approximate surface area is 203 Å². The van der Waals surface area contributed by atoms with Gasteiger partial charge in [0.1, 0.15) is 11.6 Å². The standard InChI is InChI=1S/C27H27FN6O/c1-18-2-11-24-23(16-18)25(33-27(32-24)34-14-12-29-13-15-34)30-17-19-3-9-22(10-4-19)31-26(35)20-5-7-21(28)8-6-20/h2-11,16,29H,12-15,17H2,1H3,(H,31,35)(H,30,32,33). The predicted octanol–water partition coefficient (Wildman–Crippen LogP) is 4.35. The maximum atomic E-state index is 13.1. The lowest BCUT2D eigenvalue weighted by Crippen LogP contribution is -2.44. The van der Waals surface area contributed by atoms with Crippen molar-refractivity contribution in [3.8, 4) is 0 Å². The molecule has 0 bridgehead atoms. The van der Waals surface area contributed by atoms with Crippen molar-refractivity contribution in [3.05, 3.63) is 89.2 Å². The second-order valence-corrected chi connectivity index (χ2v) is 8.64. The molecular weight excluding hydrogens is 443 g/mol.